The number of carbonyl (C=O) groups is 1. The van der Waals surface area contributed by atoms with Gasteiger partial charge in [0.15, 0.2) is 11.5 Å². The summed E-state index contributed by atoms with van der Waals surface area (Å²) in [5.74, 6) is 3.66. The fourth-order valence-electron chi connectivity index (χ4n) is 5.27. The van der Waals surface area contributed by atoms with Crippen LogP contribution in [0.25, 0.3) is 0 Å². The van der Waals surface area contributed by atoms with Gasteiger partial charge in [0.25, 0.3) is 0 Å². The van der Waals surface area contributed by atoms with Crippen molar-refractivity contribution in [1.82, 2.24) is 0 Å². The molecule has 6 nitrogen and oxygen atoms in total. The minimum Gasteiger partial charge on any atom is -0.493 e. The second kappa shape index (κ2) is 6.82. The molecule has 0 heterocycles. The Morgan fingerprint density at radius 1 is 1.04 bits per heavy atom. The Morgan fingerprint density at radius 3 is 2.38 bits per heavy atom. The summed E-state index contributed by atoms with van der Waals surface area (Å²) in [7, 11) is 4.55. The summed E-state index contributed by atoms with van der Waals surface area (Å²) in [6.45, 7) is 0. The highest BCUT2D eigenvalue weighted by atomic mass is 16.7. The summed E-state index contributed by atoms with van der Waals surface area (Å²) in [4.78, 5) is 17.8. The van der Waals surface area contributed by atoms with Crippen LogP contribution in [-0.4, -0.2) is 33.0 Å². The third-order valence-electron chi connectivity index (χ3n) is 6.35. The van der Waals surface area contributed by atoms with Crippen molar-refractivity contribution in [3.05, 3.63) is 17.7 Å². The van der Waals surface area contributed by atoms with Crippen molar-refractivity contribution in [1.29, 1.82) is 0 Å². The van der Waals surface area contributed by atoms with Gasteiger partial charge in [0.1, 0.15) is 0 Å². The zero-order valence-electron chi connectivity index (χ0n) is 15.5. The number of ether oxygens (including phenoxy) is 3. The Hall–Kier alpha value is -2.24. The van der Waals surface area contributed by atoms with Gasteiger partial charge in [0, 0.05) is 5.92 Å². The molecule has 3 saturated carbocycles. The molecule has 0 aliphatic heterocycles. The number of methoxy groups -OCH3 is 3. The number of benzene rings is 1. The minimum absolute atomic E-state index is 0.325. The van der Waals surface area contributed by atoms with Crippen LogP contribution in [0.2, 0.25) is 0 Å². The molecule has 0 unspecified atom stereocenters. The maximum absolute atomic E-state index is 12.5. The number of carbonyl (C=O) groups excluding carboxylic acids is 1. The van der Waals surface area contributed by atoms with Crippen LogP contribution in [0.1, 0.15) is 42.5 Å². The number of oxime groups is 1. The van der Waals surface area contributed by atoms with Crippen molar-refractivity contribution >= 4 is 11.7 Å². The molecule has 0 N–H and O–H groups in total. The molecule has 3 fully saturated rings. The fourth-order valence-corrected chi connectivity index (χ4v) is 5.27. The first-order chi connectivity index (χ1) is 12.7. The highest BCUT2D eigenvalue weighted by Gasteiger charge is 2.52. The lowest BCUT2D eigenvalue weighted by atomic mass is 9.81. The third-order valence-corrected chi connectivity index (χ3v) is 6.35. The highest BCUT2D eigenvalue weighted by molar-refractivity contribution is 5.94. The van der Waals surface area contributed by atoms with Crippen LogP contribution < -0.4 is 14.2 Å². The van der Waals surface area contributed by atoms with Crippen molar-refractivity contribution in [2.24, 2.45) is 28.8 Å². The van der Waals surface area contributed by atoms with Gasteiger partial charge < -0.3 is 19.0 Å². The first-order valence-corrected chi connectivity index (χ1v) is 9.24. The number of nitrogens with zero attached hydrogens (tertiary/aromatic N) is 1. The Labute approximate surface area is 153 Å². The summed E-state index contributed by atoms with van der Waals surface area (Å²) in [5.41, 5.74) is 1.39. The first-order valence-electron chi connectivity index (χ1n) is 9.24. The van der Waals surface area contributed by atoms with E-state index in [4.69, 9.17) is 19.0 Å². The molecule has 1 aromatic carbocycles. The molecule has 6 heteroatoms. The predicted octanol–water partition coefficient (Wildman–Crippen LogP) is 3.68. The van der Waals surface area contributed by atoms with Gasteiger partial charge in [0.2, 0.25) is 5.75 Å². The maximum Gasteiger partial charge on any atom is 0.365 e. The van der Waals surface area contributed by atoms with Gasteiger partial charge in [-0.15, -0.1) is 0 Å². The zero-order valence-corrected chi connectivity index (χ0v) is 15.5. The van der Waals surface area contributed by atoms with Crippen LogP contribution in [0.3, 0.4) is 0 Å². The fraction of sp³-hybridized carbons (Fsp3) is 0.600. The van der Waals surface area contributed by atoms with E-state index < -0.39 is 5.97 Å². The van der Waals surface area contributed by atoms with Crippen LogP contribution in [0.5, 0.6) is 17.2 Å². The topological polar surface area (TPSA) is 66.4 Å². The molecule has 4 atom stereocenters. The largest absolute Gasteiger partial charge is 0.493 e. The third kappa shape index (κ3) is 2.72. The number of rotatable bonds is 5. The monoisotopic (exact) mass is 359 g/mol. The van der Waals surface area contributed by atoms with Gasteiger partial charge in [-0.1, -0.05) is 11.6 Å². The molecule has 0 saturated heterocycles. The lowest BCUT2D eigenvalue weighted by molar-refractivity contribution is 0.0510. The van der Waals surface area contributed by atoms with Gasteiger partial charge in [-0.2, -0.15) is 0 Å². The van der Waals surface area contributed by atoms with Crippen LogP contribution >= 0.6 is 0 Å². The van der Waals surface area contributed by atoms with Gasteiger partial charge >= 0.3 is 5.97 Å². The molecule has 0 aromatic heterocycles. The summed E-state index contributed by atoms with van der Waals surface area (Å²) in [5, 5.41) is 4.25. The van der Waals surface area contributed by atoms with E-state index >= 15 is 0 Å². The van der Waals surface area contributed by atoms with Gasteiger partial charge in [-0.05, 0) is 55.6 Å². The summed E-state index contributed by atoms with van der Waals surface area (Å²) in [6.07, 6.45) is 6.20. The standard InChI is InChI=1S/C20H25NO5/c1-23-17-9-12(10-18(24-2)19(17)25-3)20(22)26-21-16-8-11-7-15(16)14-6-4-5-13(11)14/h9-11,13-15H,4-8H2,1-3H3/b21-16+/t11-,13-,14-,15-/m0/s1. The second-order valence-electron chi connectivity index (χ2n) is 7.44. The van der Waals surface area contributed by atoms with Crippen LogP contribution in [0.4, 0.5) is 0 Å². The Kier molecular flexibility index (Phi) is 4.51. The van der Waals surface area contributed by atoms with E-state index in [-0.39, 0.29) is 0 Å². The van der Waals surface area contributed by atoms with Gasteiger partial charge in [-0.25, -0.2) is 4.79 Å². The Balaban J connectivity index is 1.51. The number of hydrogen-bond donors (Lipinski definition) is 0. The van der Waals surface area contributed by atoms with E-state index in [1.54, 1.807) is 12.1 Å². The van der Waals surface area contributed by atoms with Crippen molar-refractivity contribution < 1.29 is 23.8 Å². The molecule has 3 aliphatic rings. The van der Waals surface area contributed by atoms with Gasteiger partial charge in [-0.3, -0.25) is 0 Å². The van der Waals surface area contributed by atoms with E-state index in [2.05, 4.69) is 5.16 Å². The summed E-state index contributed by atoms with van der Waals surface area (Å²) >= 11 is 0. The van der Waals surface area contributed by atoms with E-state index in [0.29, 0.717) is 28.7 Å². The SMILES string of the molecule is COc1cc(C(=O)O/N=C2\C[C@@H]3C[C@H]2[C@H]2CCC[C@@H]32)cc(OC)c1OC. The van der Waals surface area contributed by atoms with Crippen LogP contribution in [0, 0.1) is 23.7 Å². The molecule has 3 aliphatic carbocycles. The van der Waals surface area contributed by atoms with Crippen molar-refractivity contribution in [2.75, 3.05) is 21.3 Å². The number of hydrogen-bond acceptors (Lipinski definition) is 6. The average Bonchev–Trinajstić information content (AvgIpc) is 3.37. The average molecular weight is 359 g/mol. The molecule has 4 rings (SSSR count). The predicted molar refractivity (Wildman–Crippen MR) is 96.0 cm³/mol. The Bertz CT molecular complexity index is 719. The van der Waals surface area contributed by atoms with E-state index in [9.17, 15) is 4.79 Å². The highest BCUT2D eigenvalue weighted by Crippen LogP contribution is 2.57. The van der Waals surface area contributed by atoms with E-state index in [1.165, 1.54) is 47.0 Å². The maximum atomic E-state index is 12.5. The molecule has 140 valence electrons. The van der Waals surface area contributed by atoms with Crippen LogP contribution in [-0.2, 0) is 4.84 Å². The molecular weight excluding hydrogens is 334 g/mol. The molecule has 26 heavy (non-hydrogen) atoms. The lowest BCUT2D eigenvalue weighted by Crippen LogP contribution is -2.24. The van der Waals surface area contributed by atoms with Crippen molar-refractivity contribution in [2.45, 2.75) is 32.1 Å². The molecule has 0 amide bonds. The minimum atomic E-state index is -0.512. The number of fused-ring (bicyclic) bond motifs is 5. The summed E-state index contributed by atoms with van der Waals surface area (Å²) < 4.78 is 15.9. The van der Waals surface area contributed by atoms with Gasteiger partial charge in [0.05, 0.1) is 32.6 Å². The quantitative estimate of drug-likeness (QED) is 0.593. The molecule has 1 aromatic rings. The smallest absolute Gasteiger partial charge is 0.365 e. The molecule has 0 radical (unpaired) electrons. The van der Waals surface area contributed by atoms with E-state index in [0.717, 1.165) is 29.9 Å². The molecular formula is C20H25NO5. The lowest BCUT2D eigenvalue weighted by Gasteiger charge is -2.25. The van der Waals surface area contributed by atoms with Crippen molar-refractivity contribution in [3.63, 3.8) is 0 Å². The van der Waals surface area contributed by atoms with Crippen molar-refractivity contribution in [3.8, 4) is 17.2 Å². The first kappa shape index (κ1) is 17.2. The Morgan fingerprint density at radius 2 is 1.73 bits per heavy atom. The van der Waals surface area contributed by atoms with Crippen LogP contribution in [0.15, 0.2) is 17.3 Å². The molecule has 0 spiro atoms. The second-order valence-corrected chi connectivity index (χ2v) is 7.44. The summed E-state index contributed by atoms with van der Waals surface area (Å²) in [6, 6.07) is 3.16. The van der Waals surface area contributed by atoms with E-state index in [1.807, 2.05) is 0 Å². The zero-order chi connectivity index (χ0) is 18.3. The normalized spacial score (nSPS) is 30.3. The molecule has 2 bridgehead atoms.